The molecule has 2 rings (SSSR count). The fraction of sp³-hybridized carbons (Fsp3) is 0.154. The van der Waals surface area contributed by atoms with Gasteiger partial charge >= 0.3 is 12.1 Å². The number of halogens is 4. The SMILES string of the molecule is Cn1cc(Cl)c(C=NOC(=O)c2ccc(C(F)(F)F)cc2)n1. The Bertz CT molecular complexity index is 708. The number of hydrogen-bond donors (Lipinski definition) is 0. The van der Waals surface area contributed by atoms with Gasteiger partial charge in [0, 0.05) is 13.2 Å². The second kappa shape index (κ2) is 6.18. The van der Waals surface area contributed by atoms with E-state index >= 15 is 0 Å². The molecule has 2 aromatic rings. The summed E-state index contributed by atoms with van der Waals surface area (Å²) in [6.45, 7) is 0. The van der Waals surface area contributed by atoms with Crippen LogP contribution in [-0.2, 0) is 18.1 Å². The van der Waals surface area contributed by atoms with Crippen LogP contribution in [0.1, 0.15) is 21.6 Å². The van der Waals surface area contributed by atoms with Gasteiger partial charge in [-0.3, -0.25) is 4.68 Å². The van der Waals surface area contributed by atoms with Gasteiger partial charge in [0.25, 0.3) is 0 Å². The molecule has 116 valence electrons. The molecule has 5 nitrogen and oxygen atoms in total. The van der Waals surface area contributed by atoms with Gasteiger partial charge in [-0.05, 0) is 24.3 Å². The van der Waals surface area contributed by atoms with Crippen LogP contribution in [-0.4, -0.2) is 22.0 Å². The van der Waals surface area contributed by atoms with Crippen molar-refractivity contribution in [3.63, 3.8) is 0 Å². The van der Waals surface area contributed by atoms with Crippen LogP contribution < -0.4 is 0 Å². The molecule has 0 bridgehead atoms. The maximum Gasteiger partial charge on any atom is 0.416 e. The van der Waals surface area contributed by atoms with Crippen molar-refractivity contribution in [2.45, 2.75) is 6.18 Å². The minimum absolute atomic E-state index is 0.0581. The van der Waals surface area contributed by atoms with E-state index in [0.717, 1.165) is 30.5 Å². The van der Waals surface area contributed by atoms with Gasteiger partial charge < -0.3 is 4.84 Å². The van der Waals surface area contributed by atoms with E-state index in [9.17, 15) is 18.0 Å². The largest absolute Gasteiger partial charge is 0.416 e. The molecule has 0 saturated carbocycles. The first-order valence-electron chi connectivity index (χ1n) is 5.88. The number of benzene rings is 1. The summed E-state index contributed by atoms with van der Waals surface area (Å²) >= 11 is 5.82. The highest BCUT2D eigenvalue weighted by molar-refractivity contribution is 6.32. The van der Waals surface area contributed by atoms with E-state index in [1.165, 1.54) is 10.9 Å². The zero-order valence-electron chi connectivity index (χ0n) is 11.1. The number of nitrogens with zero attached hydrogens (tertiary/aromatic N) is 3. The zero-order valence-corrected chi connectivity index (χ0v) is 11.9. The lowest BCUT2D eigenvalue weighted by Crippen LogP contribution is -2.06. The third kappa shape index (κ3) is 3.85. The molecule has 0 atom stereocenters. The molecule has 0 amide bonds. The number of rotatable bonds is 3. The van der Waals surface area contributed by atoms with Gasteiger partial charge in [-0.2, -0.15) is 18.3 Å². The average molecular weight is 332 g/mol. The second-order valence-corrected chi connectivity index (χ2v) is 4.63. The van der Waals surface area contributed by atoms with Crippen LogP contribution in [0.4, 0.5) is 13.2 Å². The highest BCUT2D eigenvalue weighted by atomic mass is 35.5. The lowest BCUT2D eigenvalue weighted by Gasteiger charge is -2.06. The molecule has 0 aliphatic carbocycles. The van der Waals surface area contributed by atoms with Crippen molar-refractivity contribution in [3.05, 3.63) is 52.3 Å². The summed E-state index contributed by atoms with van der Waals surface area (Å²) in [4.78, 5) is 16.2. The maximum atomic E-state index is 12.4. The van der Waals surface area contributed by atoms with Crippen LogP contribution in [0.5, 0.6) is 0 Å². The third-order valence-electron chi connectivity index (χ3n) is 2.57. The van der Waals surface area contributed by atoms with Gasteiger partial charge in [0.2, 0.25) is 0 Å². The van der Waals surface area contributed by atoms with Crippen molar-refractivity contribution >= 4 is 23.8 Å². The van der Waals surface area contributed by atoms with Gasteiger partial charge in [0.15, 0.2) is 0 Å². The Morgan fingerprint density at radius 1 is 1.36 bits per heavy atom. The van der Waals surface area contributed by atoms with E-state index < -0.39 is 17.7 Å². The molecule has 0 saturated heterocycles. The average Bonchev–Trinajstić information content (AvgIpc) is 2.76. The number of hydrogen-bond acceptors (Lipinski definition) is 4. The van der Waals surface area contributed by atoms with Crippen LogP contribution >= 0.6 is 11.6 Å². The molecule has 0 spiro atoms. The van der Waals surface area contributed by atoms with Crippen molar-refractivity contribution in [2.24, 2.45) is 12.2 Å². The Morgan fingerprint density at radius 3 is 2.50 bits per heavy atom. The molecule has 1 aromatic carbocycles. The van der Waals surface area contributed by atoms with Crippen molar-refractivity contribution < 1.29 is 22.8 Å². The summed E-state index contributed by atoms with van der Waals surface area (Å²) in [5.74, 6) is -0.892. The first-order chi connectivity index (χ1) is 10.3. The topological polar surface area (TPSA) is 56.5 Å². The number of alkyl halides is 3. The van der Waals surface area contributed by atoms with Gasteiger partial charge in [-0.15, -0.1) is 0 Å². The van der Waals surface area contributed by atoms with Gasteiger partial charge in [0.1, 0.15) is 5.69 Å². The summed E-state index contributed by atoms with van der Waals surface area (Å²) in [6, 6.07) is 3.59. The molecule has 22 heavy (non-hydrogen) atoms. The summed E-state index contributed by atoms with van der Waals surface area (Å²) in [7, 11) is 1.65. The number of oxime groups is 1. The Labute approximate surface area is 127 Å². The number of carbonyl (C=O) groups excluding carboxylic acids is 1. The molecule has 0 unspecified atom stereocenters. The van der Waals surface area contributed by atoms with E-state index in [1.54, 1.807) is 7.05 Å². The summed E-state index contributed by atoms with van der Waals surface area (Å²) in [5.41, 5.74) is -0.616. The Morgan fingerprint density at radius 2 is 2.00 bits per heavy atom. The molecular formula is C13H9ClF3N3O2. The van der Waals surface area contributed by atoms with E-state index in [-0.39, 0.29) is 5.56 Å². The lowest BCUT2D eigenvalue weighted by molar-refractivity contribution is -0.137. The Kier molecular flexibility index (Phi) is 4.51. The normalized spacial score (nSPS) is 11.9. The summed E-state index contributed by atoms with van der Waals surface area (Å²) in [5, 5.41) is 7.66. The highest BCUT2D eigenvalue weighted by Crippen LogP contribution is 2.29. The van der Waals surface area contributed by atoms with E-state index in [4.69, 9.17) is 11.6 Å². The van der Waals surface area contributed by atoms with Crippen LogP contribution in [0.3, 0.4) is 0 Å². The van der Waals surface area contributed by atoms with Crippen LogP contribution in [0.25, 0.3) is 0 Å². The number of aromatic nitrogens is 2. The van der Waals surface area contributed by atoms with Gasteiger partial charge in [-0.1, -0.05) is 16.8 Å². The van der Waals surface area contributed by atoms with Crippen molar-refractivity contribution in [1.82, 2.24) is 9.78 Å². The lowest BCUT2D eigenvalue weighted by atomic mass is 10.1. The Balaban J connectivity index is 2.02. The molecule has 0 radical (unpaired) electrons. The number of aryl methyl sites for hydroxylation is 1. The monoisotopic (exact) mass is 331 g/mol. The molecule has 0 fully saturated rings. The fourth-order valence-electron chi connectivity index (χ4n) is 1.54. The summed E-state index contributed by atoms with van der Waals surface area (Å²) in [6.07, 6.45) is -1.80. The molecule has 1 heterocycles. The zero-order chi connectivity index (χ0) is 16.3. The van der Waals surface area contributed by atoms with Crippen molar-refractivity contribution in [3.8, 4) is 0 Å². The molecular weight excluding hydrogens is 323 g/mol. The van der Waals surface area contributed by atoms with Crippen molar-refractivity contribution in [1.29, 1.82) is 0 Å². The maximum absolute atomic E-state index is 12.4. The Hall–Kier alpha value is -2.35. The molecule has 0 N–H and O–H groups in total. The fourth-order valence-corrected chi connectivity index (χ4v) is 1.76. The van der Waals surface area contributed by atoms with E-state index in [0.29, 0.717) is 10.7 Å². The first-order valence-corrected chi connectivity index (χ1v) is 6.26. The predicted molar refractivity (Wildman–Crippen MR) is 72.7 cm³/mol. The standard InChI is InChI=1S/C13H9ClF3N3O2/c1-20-7-10(14)11(19-20)6-18-22-12(21)8-2-4-9(5-3-8)13(15,16)17/h2-7H,1H3. The van der Waals surface area contributed by atoms with Gasteiger partial charge in [-0.25, -0.2) is 4.79 Å². The minimum Gasteiger partial charge on any atom is -0.313 e. The van der Waals surface area contributed by atoms with Crippen molar-refractivity contribution in [2.75, 3.05) is 0 Å². The van der Waals surface area contributed by atoms with Crippen LogP contribution in [0.2, 0.25) is 5.02 Å². The molecule has 9 heteroatoms. The smallest absolute Gasteiger partial charge is 0.313 e. The predicted octanol–water partition coefficient (Wildman–Crippen LogP) is 3.28. The van der Waals surface area contributed by atoms with E-state index in [1.807, 2.05) is 0 Å². The quantitative estimate of drug-likeness (QED) is 0.492. The van der Waals surface area contributed by atoms with Gasteiger partial charge in [0.05, 0.1) is 22.4 Å². The highest BCUT2D eigenvalue weighted by Gasteiger charge is 2.30. The third-order valence-corrected chi connectivity index (χ3v) is 2.86. The van der Waals surface area contributed by atoms with Crippen LogP contribution in [0, 0.1) is 0 Å². The van der Waals surface area contributed by atoms with Crippen LogP contribution in [0.15, 0.2) is 35.6 Å². The minimum atomic E-state index is -4.46. The molecule has 1 aromatic heterocycles. The molecule has 0 aliphatic heterocycles. The first kappa shape index (κ1) is 16.0. The second-order valence-electron chi connectivity index (χ2n) is 4.22. The molecule has 0 aliphatic rings. The number of carbonyl (C=O) groups is 1. The summed E-state index contributed by atoms with van der Waals surface area (Å²) < 4.78 is 38.6. The van der Waals surface area contributed by atoms with E-state index in [2.05, 4.69) is 15.1 Å².